The summed E-state index contributed by atoms with van der Waals surface area (Å²) in [5.41, 5.74) is 1.26. The first-order chi connectivity index (χ1) is 7.65. The van der Waals surface area contributed by atoms with Crippen LogP contribution in [0, 0.1) is 17.0 Å². The summed E-state index contributed by atoms with van der Waals surface area (Å²) in [4.78, 5) is 14.3. The lowest BCUT2D eigenvalue weighted by atomic mass is 10.2. The Kier molecular flexibility index (Phi) is 4.60. The van der Waals surface area contributed by atoms with Gasteiger partial charge in [-0.05, 0) is 39.1 Å². The van der Waals surface area contributed by atoms with Crippen LogP contribution in [0.5, 0.6) is 0 Å². The highest BCUT2D eigenvalue weighted by Gasteiger charge is 2.10. The number of rotatable bonds is 5. The highest BCUT2D eigenvalue weighted by molar-refractivity contribution is 5.48. The number of aromatic nitrogens is 1. The number of hydrogen-bond acceptors (Lipinski definition) is 4. The van der Waals surface area contributed by atoms with Gasteiger partial charge < -0.3 is 5.32 Å². The van der Waals surface area contributed by atoms with E-state index in [9.17, 15) is 10.1 Å². The van der Waals surface area contributed by atoms with E-state index in [0.717, 1.165) is 18.7 Å². The fourth-order valence-corrected chi connectivity index (χ4v) is 1.29. The van der Waals surface area contributed by atoms with E-state index in [0.29, 0.717) is 5.69 Å². The monoisotopic (exact) mass is 221 g/mol. The number of pyridine rings is 1. The highest BCUT2D eigenvalue weighted by atomic mass is 16.6. The zero-order chi connectivity index (χ0) is 12.0. The highest BCUT2D eigenvalue weighted by Crippen LogP contribution is 2.15. The summed E-state index contributed by atoms with van der Waals surface area (Å²) in [7, 11) is 1.89. The van der Waals surface area contributed by atoms with Crippen LogP contribution in [0.1, 0.15) is 17.8 Å². The van der Waals surface area contributed by atoms with Gasteiger partial charge in [-0.25, -0.2) is 4.98 Å². The van der Waals surface area contributed by atoms with Gasteiger partial charge in [-0.3, -0.25) is 10.1 Å². The summed E-state index contributed by atoms with van der Waals surface area (Å²) in [5.74, 6) is 0. The lowest BCUT2D eigenvalue weighted by Crippen LogP contribution is -2.05. The molecule has 5 nitrogen and oxygen atoms in total. The Morgan fingerprint density at radius 1 is 1.56 bits per heavy atom. The minimum atomic E-state index is -0.420. The summed E-state index contributed by atoms with van der Waals surface area (Å²) in [5, 5.41) is 13.6. The Hall–Kier alpha value is -1.75. The van der Waals surface area contributed by atoms with Crippen molar-refractivity contribution in [2.45, 2.75) is 13.3 Å². The topological polar surface area (TPSA) is 68.1 Å². The molecule has 0 bridgehead atoms. The second-order valence-corrected chi connectivity index (χ2v) is 3.39. The van der Waals surface area contributed by atoms with Gasteiger partial charge in [0.25, 0.3) is 5.69 Å². The second kappa shape index (κ2) is 5.97. The van der Waals surface area contributed by atoms with Crippen molar-refractivity contribution in [3.05, 3.63) is 39.7 Å². The van der Waals surface area contributed by atoms with Crippen LogP contribution in [0.4, 0.5) is 5.69 Å². The van der Waals surface area contributed by atoms with Crippen molar-refractivity contribution in [2.75, 3.05) is 13.6 Å². The van der Waals surface area contributed by atoms with Crippen LogP contribution < -0.4 is 5.32 Å². The molecule has 16 heavy (non-hydrogen) atoms. The first kappa shape index (κ1) is 12.3. The predicted octanol–water partition coefficient (Wildman–Crippen LogP) is 1.92. The van der Waals surface area contributed by atoms with Crippen molar-refractivity contribution < 1.29 is 4.92 Å². The number of nitrogens with zero attached hydrogens (tertiary/aromatic N) is 2. The molecule has 0 saturated carbocycles. The van der Waals surface area contributed by atoms with Gasteiger partial charge in [-0.15, -0.1) is 0 Å². The van der Waals surface area contributed by atoms with Crippen LogP contribution >= 0.6 is 0 Å². The third kappa shape index (κ3) is 3.43. The van der Waals surface area contributed by atoms with E-state index in [1.54, 1.807) is 13.0 Å². The van der Waals surface area contributed by atoms with Gasteiger partial charge in [0.05, 0.1) is 10.6 Å². The Morgan fingerprint density at radius 3 is 2.88 bits per heavy atom. The molecular weight excluding hydrogens is 206 g/mol. The Balaban J connectivity index is 2.73. The lowest BCUT2D eigenvalue weighted by molar-refractivity contribution is -0.385. The molecule has 1 aromatic heterocycles. The molecule has 0 radical (unpaired) electrons. The fraction of sp³-hybridized carbons (Fsp3) is 0.364. The second-order valence-electron chi connectivity index (χ2n) is 3.39. The number of hydrogen-bond donors (Lipinski definition) is 1. The van der Waals surface area contributed by atoms with Crippen LogP contribution in [0.25, 0.3) is 6.08 Å². The molecule has 0 spiro atoms. The molecule has 0 saturated heterocycles. The van der Waals surface area contributed by atoms with Crippen molar-refractivity contribution in [1.82, 2.24) is 10.3 Å². The molecule has 86 valence electrons. The summed E-state index contributed by atoms with van der Waals surface area (Å²) in [6.45, 7) is 2.55. The molecule has 0 aliphatic heterocycles. The maximum atomic E-state index is 10.6. The van der Waals surface area contributed by atoms with Crippen molar-refractivity contribution in [3.8, 4) is 0 Å². The van der Waals surface area contributed by atoms with Gasteiger partial charge in [0.2, 0.25) is 0 Å². The van der Waals surface area contributed by atoms with E-state index in [1.165, 1.54) is 6.07 Å². The number of aryl methyl sites for hydroxylation is 1. The van der Waals surface area contributed by atoms with Crippen molar-refractivity contribution in [3.63, 3.8) is 0 Å². The average molecular weight is 221 g/mol. The smallest absolute Gasteiger partial charge is 0.290 e. The van der Waals surface area contributed by atoms with E-state index in [4.69, 9.17) is 0 Å². The van der Waals surface area contributed by atoms with E-state index in [2.05, 4.69) is 10.3 Å². The van der Waals surface area contributed by atoms with Crippen LogP contribution in [0.15, 0.2) is 18.2 Å². The first-order valence-corrected chi connectivity index (χ1v) is 5.08. The van der Waals surface area contributed by atoms with Gasteiger partial charge >= 0.3 is 0 Å². The average Bonchev–Trinajstić information content (AvgIpc) is 2.24. The van der Waals surface area contributed by atoms with Crippen LogP contribution in [0.2, 0.25) is 0 Å². The van der Waals surface area contributed by atoms with Gasteiger partial charge in [0, 0.05) is 6.07 Å². The SMILES string of the molecule is CNCCC=Cc1ccc([N+](=O)[O-])c(C)n1. The van der Waals surface area contributed by atoms with Crippen LogP contribution in [0.3, 0.4) is 0 Å². The molecule has 0 fully saturated rings. The minimum Gasteiger partial charge on any atom is -0.319 e. The summed E-state index contributed by atoms with van der Waals surface area (Å²) >= 11 is 0. The summed E-state index contributed by atoms with van der Waals surface area (Å²) in [6, 6.07) is 3.14. The quantitative estimate of drug-likeness (QED) is 0.468. The Bertz CT molecular complexity index is 402. The zero-order valence-corrected chi connectivity index (χ0v) is 9.43. The molecule has 1 heterocycles. The third-order valence-corrected chi connectivity index (χ3v) is 2.13. The number of nitrogens with one attached hydrogen (secondary N) is 1. The van der Waals surface area contributed by atoms with Crippen LogP contribution in [-0.4, -0.2) is 23.5 Å². The molecule has 0 amide bonds. The molecular formula is C11H15N3O2. The third-order valence-electron chi connectivity index (χ3n) is 2.13. The van der Waals surface area contributed by atoms with Crippen molar-refractivity contribution >= 4 is 11.8 Å². The molecule has 0 unspecified atom stereocenters. The lowest BCUT2D eigenvalue weighted by Gasteiger charge is -1.98. The summed E-state index contributed by atoms with van der Waals surface area (Å²) < 4.78 is 0. The predicted molar refractivity (Wildman–Crippen MR) is 63.2 cm³/mol. The Labute approximate surface area is 94.4 Å². The maximum Gasteiger partial charge on any atom is 0.290 e. The van der Waals surface area contributed by atoms with Crippen LogP contribution in [-0.2, 0) is 0 Å². The molecule has 1 rings (SSSR count). The first-order valence-electron chi connectivity index (χ1n) is 5.08. The molecule has 0 aliphatic carbocycles. The number of nitro groups is 1. The normalized spacial score (nSPS) is 10.9. The maximum absolute atomic E-state index is 10.6. The zero-order valence-electron chi connectivity index (χ0n) is 9.43. The van der Waals surface area contributed by atoms with Gasteiger partial charge in [0.15, 0.2) is 0 Å². The van der Waals surface area contributed by atoms with Crippen molar-refractivity contribution in [2.24, 2.45) is 0 Å². The molecule has 0 aromatic carbocycles. The molecule has 1 N–H and O–H groups in total. The van der Waals surface area contributed by atoms with E-state index in [-0.39, 0.29) is 5.69 Å². The van der Waals surface area contributed by atoms with E-state index >= 15 is 0 Å². The molecule has 1 aromatic rings. The van der Waals surface area contributed by atoms with Crippen molar-refractivity contribution in [1.29, 1.82) is 0 Å². The largest absolute Gasteiger partial charge is 0.319 e. The Morgan fingerprint density at radius 2 is 2.31 bits per heavy atom. The van der Waals surface area contributed by atoms with Gasteiger partial charge in [-0.2, -0.15) is 0 Å². The summed E-state index contributed by atoms with van der Waals surface area (Å²) in [6.07, 6.45) is 4.77. The van der Waals surface area contributed by atoms with Gasteiger partial charge in [0.1, 0.15) is 5.69 Å². The minimum absolute atomic E-state index is 0.0624. The molecule has 0 atom stereocenters. The fourth-order valence-electron chi connectivity index (χ4n) is 1.29. The molecule has 0 aliphatic rings. The van der Waals surface area contributed by atoms with E-state index < -0.39 is 4.92 Å². The van der Waals surface area contributed by atoms with E-state index in [1.807, 2.05) is 19.2 Å². The standard InChI is InChI=1S/C11H15N3O2/c1-9-11(14(15)16)7-6-10(13-9)5-3-4-8-12-2/h3,5-7,12H,4,8H2,1-2H3. The van der Waals surface area contributed by atoms with Gasteiger partial charge in [-0.1, -0.05) is 6.08 Å². The molecule has 5 heteroatoms.